The van der Waals surface area contributed by atoms with Gasteiger partial charge in [-0.1, -0.05) is 148 Å². The Bertz CT molecular complexity index is 2310. The van der Waals surface area contributed by atoms with E-state index >= 15 is 0 Å². The quantitative estimate of drug-likeness (QED) is 0.105. The third kappa shape index (κ3) is 8.33. The maximum Gasteiger partial charge on any atom is 2.00 e. The van der Waals surface area contributed by atoms with Crippen molar-refractivity contribution in [3.63, 3.8) is 0 Å². The van der Waals surface area contributed by atoms with E-state index in [2.05, 4.69) is 128 Å². The molecular weight excluding hydrogens is 746 g/mol. The van der Waals surface area contributed by atoms with Gasteiger partial charge >= 0.3 is 19.5 Å². The number of aromatic nitrogens is 4. The van der Waals surface area contributed by atoms with Crippen LogP contribution in [0.2, 0.25) is 0 Å². The van der Waals surface area contributed by atoms with Crippen LogP contribution in [0.25, 0.3) is 66.6 Å². The van der Waals surface area contributed by atoms with E-state index in [1.165, 1.54) is 44.5 Å². The van der Waals surface area contributed by atoms with Gasteiger partial charge in [0.2, 0.25) is 0 Å². The van der Waals surface area contributed by atoms with E-state index in [9.17, 15) is 0 Å². The zero-order valence-electron chi connectivity index (χ0n) is 35.9. The molecular formula is C52H60N4Zn. The van der Waals surface area contributed by atoms with Crippen LogP contribution in [0.3, 0.4) is 0 Å². The Kier molecular flexibility index (Phi) is 14.1. The second-order valence-corrected chi connectivity index (χ2v) is 16.0. The molecule has 0 spiro atoms. The van der Waals surface area contributed by atoms with Gasteiger partial charge in [0.15, 0.2) is 0 Å². The molecule has 57 heavy (non-hydrogen) atoms. The fraction of sp³-hybridized carbons (Fsp3) is 0.385. The predicted octanol–water partition coefficient (Wildman–Crippen LogP) is 14.4. The summed E-state index contributed by atoms with van der Waals surface area (Å²) >= 11 is 0. The number of hydrogen-bond donors (Lipinski definition) is 0. The van der Waals surface area contributed by atoms with Crippen molar-refractivity contribution in [2.45, 2.75) is 132 Å². The van der Waals surface area contributed by atoms with Gasteiger partial charge in [-0.15, -0.1) is 22.1 Å². The molecule has 0 amide bonds. The molecule has 0 atom stereocenters. The molecule has 7 rings (SSSR count). The third-order valence-corrected chi connectivity index (χ3v) is 12.1. The molecule has 8 bridgehead atoms. The van der Waals surface area contributed by atoms with E-state index in [0.717, 1.165) is 144 Å². The Balaban J connectivity index is 0.00000549. The van der Waals surface area contributed by atoms with Crippen LogP contribution >= 0.6 is 0 Å². The summed E-state index contributed by atoms with van der Waals surface area (Å²) in [6, 6.07) is 26.3. The molecule has 0 fully saturated rings. The van der Waals surface area contributed by atoms with Gasteiger partial charge in [-0.3, -0.25) is 0 Å². The molecule has 2 aliphatic heterocycles. The first-order valence-corrected chi connectivity index (χ1v) is 21.5. The van der Waals surface area contributed by atoms with Crippen LogP contribution in [0.4, 0.5) is 0 Å². The number of unbranched alkanes of at least 4 members (excludes halogenated alkanes) is 4. The average Bonchev–Trinajstić information content (AvgIpc) is 3.89. The number of hydrogen-bond acceptors (Lipinski definition) is 2. The Morgan fingerprint density at radius 2 is 0.842 bits per heavy atom. The number of aryl methyl sites for hydroxylation is 4. The van der Waals surface area contributed by atoms with Crippen molar-refractivity contribution >= 4 is 44.4 Å². The fourth-order valence-electron chi connectivity index (χ4n) is 8.79. The van der Waals surface area contributed by atoms with E-state index in [1.807, 2.05) is 0 Å². The number of rotatable bonds is 14. The number of benzene rings is 2. The molecule has 4 nitrogen and oxygen atoms in total. The van der Waals surface area contributed by atoms with E-state index < -0.39 is 0 Å². The molecule has 0 saturated carbocycles. The maximum atomic E-state index is 5.65. The first-order valence-electron chi connectivity index (χ1n) is 21.5. The molecule has 0 N–H and O–H groups in total. The zero-order chi connectivity index (χ0) is 39.3. The summed E-state index contributed by atoms with van der Waals surface area (Å²) in [4.78, 5) is 22.6. The van der Waals surface area contributed by atoms with E-state index in [1.54, 1.807) is 0 Å². The fourth-order valence-corrected chi connectivity index (χ4v) is 8.79. The van der Waals surface area contributed by atoms with E-state index in [-0.39, 0.29) is 19.5 Å². The SMILES string of the molecule is CCCCC1=C(C)c2nc1cc1[n-]c(c(C)c1CCCC)c(-c1ccccc1)c1[n-]c(cc3nc(c2-c2ccccc2)C(C)=C3CCCC)c(CCCC)c1C.[Zn+2]. The summed E-state index contributed by atoms with van der Waals surface area (Å²) in [6.07, 6.45) is 12.9. The molecule has 2 aliphatic rings. The van der Waals surface area contributed by atoms with Crippen molar-refractivity contribution in [3.05, 3.63) is 118 Å². The summed E-state index contributed by atoms with van der Waals surface area (Å²) in [7, 11) is 0. The molecule has 290 valence electrons. The second kappa shape index (κ2) is 18.9. The van der Waals surface area contributed by atoms with Gasteiger partial charge in [-0.2, -0.15) is 0 Å². The van der Waals surface area contributed by atoms with Crippen molar-refractivity contribution in [1.29, 1.82) is 0 Å². The van der Waals surface area contributed by atoms with Crippen molar-refractivity contribution in [2.75, 3.05) is 0 Å². The molecule has 3 aromatic heterocycles. The third-order valence-electron chi connectivity index (χ3n) is 12.1. The van der Waals surface area contributed by atoms with E-state index in [0.29, 0.717) is 0 Å². The largest absolute Gasteiger partial charge is 2.00 e. The normalized spacial score (nSPS) is 12.8. The van der Waals surface area contributed by atoms with Crippen LogP contribution in [0.15, 0.2) is 72.8 Å². The molecule has 2 aromatic carbocycles. The van der Waals surface area contributed by atoms with Crippen molar-refractivity contribution < 1.29 is 19.5 Å². The topological polar surface area (TPSA) is 54.0 Å². The number of fused-ring (bicyclic) bond motifs is 8. The predicted molar refractivity (Wildman–Crippen MR) is 241 cm³/mol. The molecule has 5 heteroatoms. The molecule has 0 radical (unpaired) electrons. The second-order valence-electron chi connectivity index (χ2n) is 16.0. The van der Waals surface area contributed by atoms with Gasteiger partial charge in [0, 0.05) is 5.56 Å². The zero-order valence-corrected chi connectivity index (χ0v) is 38.9. The van der Waals surface area contributed by atoms with Gasteiger partial charge in [-0.05, 0) is 118 Å². The Hall–Kier alpha value is -4.34. The van der Waals surface area contributed by atoms with Gasteiger partial charge in [-0.25, -0.2) is 9.97 Å². The molecule has 5 heterocycles. The van der Waals surface area contributed by atoms with Crippen molar-refractivity contribution in [1.82, 2.24) is 19.9 Å². The smallest absolute Gasteiger partial charge is 0.657 e. The van der Waals surface area contributed by atoms with Crippen molar-refractivity contribution in [2.24, 2.45) is 0 Å². The average molecular weight is 806 g/mol. The summed E-state index contributed by atoms with van der Waals surface area (Å²) in [5.74, 6) is 0. The minimum Gasteiger partial charge on any atom is -0.657 e. The van der Waals surface area contributed by atoms with Crippen LogP contribution in [0.1, 0.15) is 151 Å². The van der Waals surface area contributed by atoms with Gasteiger partial charge in [0.05, 0.1) is 22.8 Å². The summed E-state index contributed by atoms with van der Waals surface area (Å²) < 4.78 is 0. The Labute approximate surface area is 354 Å². The van der Waals surface area contributed by atoms with Gasteiger partial charge < -0.3 is 9.97 Å². The minimum absolute atomic E-state index is 0. The van der Waals surface area contributed by atoms with Crippen LogP contribution < -0.4 is 9.97 Å². The van der Waals surface area contributed by atoms with Crippen LogP contribution in [-0.4, -0.2) is 9.97 Å². The molecule has 0 aliphatic carbocycles. The maximum absolute atomic E-state index is 5.65. The number of allylic oxidation sites excluding steroid dienone is 4. The van der Waals surface area contributed by atoms with Gasteiger partial charge in [0.25, 0.3) is 0 Å². The molecule has 5 aromatic rings. The first kappa shape index (κ1) is 42.3. The minimum atomic E-state index is 0. The monoisotopic (exact) mass is 804 g/mol. The molecule has 0 saturated heterocycles. The Morgan fingerprint density at radius 1 is 0.474 bits per heavy atom. The van der Waals surface area contributed by atoms with Crippen LogP contribution in [0.5, 0.6) is 0 Å². The standard InChI is InChI=1S/C52H60N4.Zn/c1-9-13-27-39-33(5)49-47(37-23-19-17-20-24-37)50-35(7)41(29-15-11-3)45(55-50)32-46-42(30-16-12-4)36(8)52(56-46)48(38-25-21-18-22-26-38)51-34(6)40(28-14-10-2)44(54-51)31-43(39)53-49;/h17-26,31-32H,9-16,27-30H2,1-8H3;/q-2;+2. The van der Waals surface area contributed by atoms with E-state index in [4.69, 9.17) is 19.9 Å². The van der Waals surface area contributed by atoms with Crippen LogP contribution in [0, 0.1) is 13.8 Å². The number of nitrogens with zero attached hydrogens (tertiary/aromatic N) is 4. The first-order chi connectivity index (χ1) is 27.3. The summed E-state index contributed by atoms with van der Waals surface area (Å²) in [6.45, 7) is 18.3. The Morgan fingerprint density at radius 3 is 1.23 bits per heavy atom. The van der Waals surface area contributed by atoms with Crippen LogP contribution in [-0.2, 0) is 32.3 Å². The van der Waals surface area contributed by atoms with Crippen molar-refractivity contribution in [3.8, 4) is 22.3 Å². The van der Waals surface area contributed by atoms with Gasteiger partial charge in [0.1, 0.15) is 0 Å². The summed E-state index contributed by atoms with van der Waals surface area (Å²) in [5.41, 5.74) is 23.2. The molecule has 0 unspecified atom stereocenters. The summed E-state index contributed by atoms with van der Waals surface area (Å²) in [5, 5.41) is 0.